The summed E-state index contributed by atoms with van der Waals surface area (Å²) in [5.74, 6) is -0.266. The van der Waals surface area contributed by atoms with Crippen LogP contribution >= 0.6 is 0 Å². The molecule has 0 atom stereocenters. The van der Waals surface area contributed by atoms with Crippen LogP contribution in [0.4, 0.5) is 15.8 Å². The first-order valence-corrected chi connectivity index (χ1v) is 10.1. The topological polar surface area (TPSA) is 66.5 Å². The molecule has 0 unspecified atom stereocenters. The lowest BCUT2D eigenvalue weighted by Gasteiger charge is -2.20. The summed E-state index contributed by atoms with van der Waals surface area (Å²) in [5.41, 5.74) is 2.98. The minimum Gasteiger partial charge on any atom is -0.326 e. The van der Waals surface area contributed by atoms with Crippen molar-refractivity contribution in [1.29, 1.82) is 0 Å². The van der Waals surface area contributed by atoms with Crippen molar-refractivity contribution in [3.05, 3.63) is 59.4 Å². The van der Waals surface area contributed by atoms with Crippen LogP contribution in [0.5, 0.6) is 0 Å². The van der Waals surface area contributed by atoms with Crippen molar-refractivity contribution in [3.8, 4) is 0 Å². The fraction of sp³-hybridized carbons (Fsp3) is 0.316. The maximum absolute atomic E-state index is 12.9. The number of rotatable bonds is 5. The van der Waals surface area contributed by atoms with Crippen LogP contribution < -0.4 is 9.62 Å². The van der Waals surface area contributed by atoms with Crippen LogP contribution in [0.1, 0.15) is 24.0 Å². The zero-order valence-corrected chi connectivity index (χ0v) is 15.4. The van der Waals surface area contributed by atoms with Gasteiger partial charge in [0.2, 0.25) is 15.9 Å². The van der Waals surface area contributed by atoms with E-state index in [2.05, 4.69) is 5.32 Å². The lowest BCUT2D eigenvalue weighted by Crippen LogP contribution is -2.25. The number of halogens is 1. The predicted molar refractivity (Wildman–Crippen MR) is 100 cm³/mol. The lowest BCUT2D eigenvalue weighted by molar-refractivity contribution is -0.116. The summed E-state index contributed by atoms with van der Waals surface area (Å²) in [5, 5.41) is 2.82. The smallest absolute Gasteiger partial charge is 0.235 e. The zero-order chi connectivity index (χ0) is 18.7. The van der Waals surface area contributed by atoms with Crippen molar-refractivity contribution in [2.45, 2.75) is 26.2 Å². The van der Waals surface area contributed by atoms with Crippen molar-refractivity contribution in [1.82, 2.24) is 0 Å². The fourth-order valence-corrected chi connectivity index (χ4v) is 4.68. The van der Waals surface area contributed by atoms with Crippen molar-refractivity contribution < 1.29 is 17.6 Å². The van der Waals surface area contributed by atoms with Gasteiger partial charge in [-0.2, -0.15) is 0 Å². The standard InChI is InChI=1S/C19H21FN2O3S/c1-14-13-17(8-9-18(14)22-11-2-12-26(22,24)25)21-19(23)10-5-15-3-6-16(20)7-4-15/h3-4,6-9,13H,2,5,10-12H2,1H3,(H,21,23). The molecular weight excluding hydrogens is 355 g/mol. The molecule has 3 rings (SSSR count). The van der Waals surface area contributed by atoms with Gasteiger partial charge in [0.05, 0.1) is 11.4 Å². The van der Waals surface area contributed by atoms with Crippen molar-refractivity contribution in [3.63, 3.8) is 0 Å². The molecule has 26 heavy (non-hydrogen) atoms. The minimum atomic E-state index is -3.22. The van der Waals surface area contributed by atoms with Crippen molar-refractivity contribution in [2.75, 3.05) is 21.9 Å². The summed E-state index contributed by atoms with van der Waals surface area (Å²) in [6.45, 7) is 2.32. The van der Waals surface area contributed by atoms with Gasteiger partial charge in [0.25, 0.3) is 0 Å². The van der Waals surface area contributed by atoms with Crippen LogP contribution in [-0.2, 0) is 21.2 Å². The molecule has 138 valence electrons. The summed E-state index contributed by atoms with van der Waals surface area (Å²) in [4.78, 5) is 12.1. The van der Waals surface area contributed by atoms with Crippen LogP contribution in [0.25, 0.3) is 0 Å². The molecule has 1 heterocycles. The van der Waals surface area contributed by atoms with Crippen molar-refractivity contribution >= 4 is 27.3 Å². The third-order valence-corrected chi connectivity index (χ3v) is 6.26. The molecule has 1 fully saturated rings. The molecule has 2 aromatic rings. The van der Waals surface area contributed by atoms with Gasteiger partial charge in [0, 0.05) is 18.7 Å². The molecular formula is C19H21FN2O3S. The third kappa shape index (κ3) is 4.22. The highest BCUT2D eigenvalue weighted by molar-refractivity contribution is 7.93. The minimum absolute atomic E-state index is 0.143. The van der Waals surface area contributed by atoms with Gasteiger partial charge in [-0.15, -0.1) is 0 Å². The highest BCUT2D eigenvalue weighted by atomic mass is 32.2. The van der Waals surface area contributed by atoms with Crippen LogP contribution in [0.2, 0.25) is 0 Å². The number of hydrogen-bond donors (Lipinski definition) is 1. The van der Waals surface area contributed by atoms with Gasteiger partial charge in [-0.3, -0.25) is 9.10 Å². The van der Waals surface area contributed by atoms with Crippen LogP contribution in [0.15, 0.2) is 42.5 Å². The Morgan fingerprint density at radius 1 is 1.19 bits per heavy atom. The van der Waals surface area contributed by atoms with E-state index >= 15 is 0 Å². The molecule has 0 radical (unpaired) electrons. The molecule has 0 bridgehead atoms. The first kappa shape index (κ1) is 18.4. The number of sulfonamides is 1. The Hall–Kier alpha value is -2.41. The van der Waals surface area contributed by atoms with E-state index in [1.807, 2.05) is 6.92 Å². The van der Waals surface area contributed by atoms with E-state index in [-0.39, 0.29) is 23.9 Å². The highest BCUT2D eigenvalue weighted by Gasteiger charge is 2.29. The molecule has 7 heteroatoms. The van der Waals surface area contributed by atoms with Crippen molar-refractivity contribution in [2.24, 2.45) is 0 Å². The molecule has 0 spiro atoms. The normalized spacial score (nSPS) is 15.8. The summed E-state index contributed by atoms with van der Waals surface area (Å²) in [7, 11) is -3.22. The molecule has 1 aliphatic rings. The second-order valence-electron chi connectivity index (χ2n) is 6.42. The van der Waals surface area contributed by atoms with E-state index in [1.54, 1.807) is 30.3 Å². The fourth-order valence-electron chi connectivity index (χ4n) is 3.06. The van der Waals surface area contributed by atoms with Gasteiger partial charge >= 0.3 is 0 Å². The number of carbonyl (C=O) groups is 1. The number of aryl methyl sites for hydroxylation is 2. The number of benzene rings is 2. The van der Waals surface area contributed by atoms with Crippen LogP contribution in [0, 0.1) is 12.7 Å². The number of nitrogens with zero attached hydrogens (tertiary/aromatic N) is 1. The monoisotopic (exact) mass is 376 g/mol. The number of anilines is 2. The zero-order valence-electron chi connectivity index (χ0n) is 14.5. The third-order valence-electron chi connectivity index (χ3n) is 4.40. The maximum atomic E-state index is 12.9. The van der Waals surface area contributed by atoms with Gasteiger partial charge in [-0.1, -0.05) is 12.1 Å². The van der Waals surface area contributed by atoms with Crippen LogP contribution in [0.3, 0.4) is 0 Å². The average molecular weight is 376 g/mol. The van der Waals surface area contributed by atoms with Gasteiger partial charge < -0.3 is 5.32 Å². The predicted octanol–water partition coefficient (Wildman–Crippen LogP) is 3.25. The largest absolute Gasteiger partial charge is 0.326 e. The highest BCUT2D eigenvalue weighted by Crippen LogP contribution is 2.29. The van der Waals surface area contributed by atoms with Gasteiger partial charge in [0.1, 0.15) is 5.82 Å². The van der Waals surface area contributed by atoms with E-state index in [1.165, 1.54) is 16.4 Å². The molecule has 0 saturated carbocycles. The van der Waals surface area contributed by atoms with Gasteiger partial charge in [-0.05, 0) is 61.2 Å². The van der Waals surface area contributed by atoms with E-state index in [0.717, 1.165) is 11.1 Å². The second-order valence-corrected chi connectivity index (χ2v) is 8.43. The molecule has 2 aromatic carbocycles. The quantitative estimate of drug-likeness (QED) is 0.871. The summed E-state index contributed by atoms with van der Waals surface area (Å²) >= 11 is 0. The Morgan fingerprint density at radius 3 is 2.54 bits per heavy atom. The lowest BCUT2D eigenvalue weighted by atomic mass is 10.1. The molecule has 1 aliphatic heterocycles. The molecule has 5 nitrogen and oxygen atoms in total. The first-order chi connectivity index (χ1) is 12.3. The SMILES string of the molecule is Cc1cc(NC(=O)CCc2ccc(F)cc2)ccc1N1CCCS1(=O)=O. The molecule has 1 amide bonds. The molecule has 1 N–H and O–H groups in total. The van der Waals surface area contributed by atoms with E-state index < -0.39 is 10.0 Å². The molecule has 1 saturated heterocycles. The van der Waals surface area contributed by atoms with E-state index in [0.29, 0.717) is 30.8 Å². The Labute approximate surface area is 152 Å². The summed E-state index contributed by atoms with van der Waals surface area (Å²) < 4.78 is 38.4. The second kappa shape index (κ2) is 7.45. The number of carbonyl (C=O) groups excluding carboxylic acids is 1. The number of amides is 1. The van der Waals surface area contributed by atoms with E-state index in [9.17, 15) is 17.6 Å². The molecule has 0 aliphatic carbocycles. The van der Waals surface area contributed by atoms with Gasteiger partial charge in [-0.25, -0.2) is 12.8 Å². The number of hydrogen-bond acceptors (Lipinski definition) is 3. The number of nitrogens with one attached hydrogen (secondary N) is 1. The average Bonchev–Trinajstić information content (AvgIpc) is 2.94. The summed E-state index contributed by atoms with van der Waals surface area (Å²) in [6.07, 6.45) is 1.44. The molecule has 0 aromatic heterocycles. The Balaban J connectivity index is 1.62. The Bertz CT molecular complexity index is 911. The summed E-state index contributed by atoms with van der Waals surface area (Å²) in [6, 6.07) is 11.3. The Morgan fingerprint density at radius 2 is 1.92 bits per heavy atom. The first-order valence-electron chi connectivity index (χ1n) is 8.50. The van der Waals surface area contributed by atoms with Gasteiger partial charge in [0.15, 0.2) is 0 Å². The van der Waals surface area contributed by atoms with Crippen LogP contribution in [-0.4, -0.2) is 26.6 Å². The maximum Gasteiger partial charge on any atom is 0.235 e. The van der Waals surface area contributed by atoms with E-state index in [4.69, 9.17) is 0 Å². The Kier molecular flexibility index (Phi) is 5.27.